The van der Waals surface area contributed by atoms with E-state index in [1.54, 1.807) is 11.6 Å². The maximum Gasteiger partial charge on any atom is 0.329 e. The predicted octanol–water partition coefficient (Wildman–Crippen LogP) is 2.46. The SMILES string of the molecule is C=C(C)Cn1c(Sc2ccc(C)cc2)nc2c1c(=O)[nH]c(=O)n2C. The molecule has 24 heavy (non-hydrogen) atoms. The van der Waals surface area contributed by atoms with Gasteiger partial charge in [0.25, 0.3) is 5.56 Å². The lowest BCUT2D eigenvalue weighted by Crippen LogP contribution is -2.29. The molecular weight excluding hydrogens is 324 g/mol. The lowest BCUT2D eigenvalue weighted by atomic mass is 10.2. The number of aryl methyl sites for hydroxylation is 2. The van der Waals surface area contributed by atoms with E-state index >= 15 is 0 Å². The standard InChI is InChI=1S/C17H18N4O2S/c1-10(2)9-21-13-14(20(4)16(23)19-15(13)22)18-17(21)24-12-7-5-11(3)6-8-12/h5-8H,1,9H2,2-4H3,(H,19,22,23). The molecule has 0 aliphatic rings. The first-order chi connectivity index (χ1) is 11.4. The molecular formula is C17H18N4O2S. The average Bonchev–Trinajstić information content (AvgIpc) is 2.86. The Morgan fingerprint density at radius 3 is 2.58 bits per heavy atom. The van der Waals surface area contributed by atoms with Crippen LogP contribution in [0.3, 0.4) is 0 Å². The summed E-state index contributed by atoms with van der Waals surface area (Å²) in [7, 11) is 1.60. The highest BCUT2D eigenvalue weighted by molar-refractivity contribution is 7.99. The molecule has 0 aliphatic heterocycles. The van der Waals surface area contributed by atoms with Gasteiger partial charge in [0.2, 0.25) is 0 Å². The van der Waals surface area contributed by atoms with Crippen LogP contribution >= 0.6 is 11.8 Å². The number of benzene rings is 1. The van der Waals surface area contributed by atoms with Gasteiger partial charge in [-0.3, -0.25) is 14.3 Å². The van der Waals surface area contributed by atoms with Gasteiger partial charge in [-0.25, -0.2) is 9.78 Å². The number of hydrogen-bond donors (Lipinski definition) is 1. The third-order valence-corrected chi connectivity index (χ3v) is 4.63. The van der Waals surface area contributed by atoms with Crippen LogP contribution in [0.1, 0.15) is 12.5 Å². The van der Waals surface area contributed by atoms with Crippen LogP contribution in [0.25, 0.3) is 11.2 Å². The molecule has 124 valence electrons. The average molecular weight is 342 g/mol. The van der Waals surface area contributed by atoms with Gasteiger partial charge < -0.3 is 4.57 Å². The Bertz CT molecular complexity index is 1040. The van der Waals surface area contributed by atoms with Crippen LogP contribution in [0.5, 0.6) is 0 Å². The van der Waals surface area contributed by atoms with E-state index in [0.29, 0.717) is 22.9 Å². The Morgan fingerprint density at radius 1 is 1.29 bits per heavy atom. The van der Waals surface area contributed by atoms with Crippen molar-refractivity contribution in [3.63, 3.8) is 0 Å². The molecule has 0 spiro atoms. The van der Waals surface area contributed by atoms with Gasteiger partial charge in [-0.05, 0) is 26.0 Å². The minimum Gasteiger partial charge on any atom is -0.309 e. The quantitative estimate of drug-likeness (QED) is 0.739. The molecule has 3 rings (SSSR count). The Balaban J connectivity index is 2.22. The van der Waals surface area contributed by atoms with Crippen molar-refractivity contribution < 1.29 is 0 Å². The second kappa shape index (κ2) is 6.16. The highest BCUT2D eigenvalue weighted by atomic mass is 32.2. The summed E-state index contributed by atoms with van der Waals surface area (Å²) in [4.78, 5) is 32.0. The largest absolute Gasteiger partial charge is 0.329 e. The van der Waals surface area contributed by atoms with E-state index in [2.05, 4.69) is 16.5 Å². The van der Waals surface area contributed by atoms with E-state index in [1.807, 2.05) is 38.1 Å². The molecule has 0 amide bonds. The fraction of sp³-hybridized carbons (Fsp3) is 0.235. The van der Waals surface area contributed by atoms with Crippen LogP contribution in [0, 0.1) is 6.92 Å². The minimum absolute atomic E-state index is 0.375. The highest BCUT2D eigenvalue weighted by Gasteiger charge is 2.18. The van der Waals surface area contributed by atoms with E-state index in [9.17, 15) is 9.59 Å². The van der Waals surface area contributed by atoms with Crippen molar-refractivity contribution in [3.8, 4) is 0 Å². The summed E-state index contributed by atoms with van der Waals surface area (Å²) < 4.78 is 3.16. The Morgan fingerprint density at radius 2 is 1.96 bits per heavy atom. The number of nitrogens with one attached hydrogen (secondary N) is 1. The fourth-order valence-corrected chi connectivity index (χ4v) is 3.30. The summed E-state index contributed by atoms with van der Waals surface area (Å²) in [5, 5.41) is 0.656. The Hall–Kier alpha value is -2.54. The predicted molar refractivity (Wildman–Crippen MR) is 95.7 cm³/mol. The molecule has 0 radical (unpaired) electrons. The molecule has 1 aromatic carbocycles. The molecule has 3 aromatic rings. The molecule has 2 heterocycles. The first-order valence-corrected chi connectivity index (χ1v) is 8.27. The van der Waals surface area contributed by atoms with E-state index in [1.165, 1.54) is 21.9 Å². The number of imidazole rings is 1. The van der Waals surface area contributed by atoms with Gasteiger partial charge in [-0.2, -0.15) is 0 Å². The third-order valence-electron chi connectivity index (χ3n) is 3.63. The minimum atomic E-state index is -0.473. The second-order valence-electron chi connectivity index (χ2n) is 5.84. The molecule has 1 N–H and O–H groups in total. The van der Waals surface area contributed by atoms with Crippen LogP contribution in [0.2, 0.25) is 0 Å². The van der Waals surface area contributed by atoms with Crippen LogP contribution in [-0.4, -0.2) is 19.1 Å². The first kappa shape index (κ1) is 16.3. The van der Waals surface area contributed by atoms with Gasteiger partial charge in [0.05, 0.1) is 0 Å². The topological polar surface area (TPSA) is 72.7 Å². The molecule has 0 aliphatic carbocycles. The smallest absolute Gasteiger partial charge is 0.309 e. The maximum absolute atomic E-state index is 12.3. The summed E-state index contributed by atoms with van der Waals surface area (Å²) in [5.74, 6) is 0. The highest BCUT2D eigenvalue weighted by Crippen LogP contribution is 2.29. The lowest BCUT2D eigenvalue weighted by molar-refractivity contribution is 0.719. The maximum atomic E-state index is 12.3. The van der Waals surface area contributed by atoms with E-state index in [4.69, 9.17) is 0 Å². The Kier molecular flexibility index (Phi) is 4.19. The van der Waals surface area contributed by atoms with Crippen molar-refractivity contribution in [1.82, 2.24) is 19.1 Å². The third kappa shape index (κ3) is 2.94. The van der Waals surface area contributed by atoms with Gasteiger partial charge in [0, 0.05) is 18.5 Å². The zero-order chi connectivity index (χ0) is 17.4. The number of rotatable bonds is 4. The number of hydrogen-bond acceptors (Lipinski definition) is 4. The molecule has 0 fully saturated rings. The zero-order valence-corrected chi connectivity index (χ0v) is 14.6. The number of nitrogens with zero attached hydrogens (tertiary/aromatic N) is 3. The van der Waals surface area contributed by atoms with Crippen LogP contribution in [0.4, 0.5) is 0 Å². The van der Waals surface area contributed by atoms with Crippen molar-refractivity contribution in [2.75, 3.05) is 0 Å². The number of aromatic nitrogens is 4. The number of fused-ring (bicyclic) bond motifs is 1. The zero-order valence-electron chi connectivity index (χ0n) is 13.8. The van der Waals surface area contributed by atoms with Gasteiger partial charge in [0.15, 0.2) is 16.3 Å². The molecule has 0 bridgehead atoms. The van der Waals surface area contributed by atoms with Crippen molar-refractivity contribution in [1.29, 1.82) is 0 Å². The van der Waals surface area contributed by atoms with Crippen molar-refractivity contribution in [2.24, 2.45) is 7.05 Å². The van der Waals surface area contributed by atoms with Crippen molar-refractivity contribution >= 4 is 22.9 Å². The van der Waals surface area contributed by atoms with E-state index in [0.717, 1.165) is 10.5 Å². The van der Waals surface area contributed by atoms with Crippen molar-refractivity contribution in [2.45, 2.75) is 30.4 Å². The summed E-state index contributed by atoms with van der Waals surface area (Å²) in [5.41, 5.74) is 1.92. The molecule has 0 unspecified atom stereocenters. The van der Waals surface area contributed by atoms with E-state index in [-0.39, 0.29) is 0 Å². The molecule has 0 saturated heterocycles. The number of allylic oxidation sites excluding steroid dienone is 1. The second-order valence-corrected chi connectivity index (χ2v) is 6.88. The number of aromatic amines is 1. The lowest BCUT2D eigenvalue weighted by Gasteiger charge is -2.08. The molecule has 7 heteroatoms. The fourth-order valence-electron chi connectivity index (χ4n) is 2.42. The summed E-state index contributed by atoms with van der Waals surface area (Å²) in [6.07, 6.45) is 0. The summed E-state index contributed by atoms with van der Waals surface area (Å²) in [6.45, 7) is 8.31. The van der Waals surface area contributed by atoms with Crippen molar-refractivity contribution in [3.05, 3.63) is 62.8 Å². The van der Waals surface area contributed by atoms with Gasteiger partial charge in [-0.15, -0.1) is 0 Å². The van der Waals surface area contributed by atoms with E-state index < -0.39 is 11.2 Å². The normalized spacial score (nSPS) is 11.1. The monoisotopic (exact) mass is 342 g/mol. The molecule has 6 nitrogen and oxygen atoms in total. The number of H-pyrrole nitrogens is 1. The van der Waals surface area contributed by atoms with Crippen LogP contribution < -0.4 is 11.2 Å². The summed E-state index contributed by atoms with van der Waals surface area (Å²) >= 11 is 1.46. The Labute approximate surface area is 142 Å². The van der Waals surface area contributed by atoms with Gasteiger partial charge in [0.1, 0.15) is 0 Å². The van der Waals surface area contributed by atoms with Gasteiger partial charge in [-0.1, -0.05) is 41.6 Å². The summed E-state index contributed by atoms with van der Waals surface area (Å²) in [6, 6.07) is 8.06. The van der Waals surface area contributed by atoms with Gasteiger partial charge >= 0.3 is 5.69 Å². The molecule has 0 saturated carbocycles. The first-order valence-electron chi connectivity index (χ1n) is 7.45. The molecule has 2 aromatic heterocycles. The van der Waals surface area contributed by atoms with Crippen LogP contribution in [0.15, 0.2) is 56.1 Å². The molecule has 0 atom stereocenters. The van der Waals surface area contributed by atoms with Crippen LogP contribution in [-0.2, 0) is 13.6 Å².